The molecule has 0 radical (unpaired) electrons. The first kappa shape index (κ1) is 7.30. The van der Waals surface area contributed by atoms with E-state index in [0.29, 0.717) is 6.17 Å². The van der Waals surface area contributed by atoms with Gasteiger partial charge >= 0.3 is 0 Å². The quantitative estimate of drug-likeness (QED) is 0.543. The van der Waals surface area contributed by atoms with Crippen molar-refractivity contribution in [1.82, 2.24) is 15.8 Å². The van der Waals surface area contributed by atoms with E-state index in [1.165, 1.54) is 25.8 Å². The highest BCUT2D eigenvalue weighted by atomic mass is 15.7. The van der Waals surface area contributed by atoms with Crippen LogP contribution in [0.25, 0.3) is 0 Å². The third-order valence-corrected chi connectivity index (χ3v) is 3.56. The molecule has 68 valence electrons. The molecule has 3 aliphatic heterocycles. The summed E-state index contributed by atoms with van der Waals surface area (Å²) < 4.78 is 0. The molecular formula is C9H17N3. The molecule has 0 saturated carbocycles. The van der Waals surface area contributed by atoms with Crippen molar-refractivity contribution in [2.24, 2.45) is 5.92 Å². The Morgan fingerprint density at radius 1 is 1.42 bits per heavy atom. The van der Waals surface area contributed by atoms with Gasteiger partial charge in [0.05, 0.1) is 12.2 Å². The second kappa shape index (κ2) is 2.44. The molecule has 3 fully saturated rings. The van der Waals surface area contributed by atoms with E-state index in [-0.39, 0.29) is 0 Å². The van der Waals surface area contributed by atoms with E-state index >= 15 is 0 Å². The van der Waals surface area contributed by atoms with Gasteiger partial charge in [-0.1, -0.05) is 6.92 Å². The molecule has 2 N–H and O–H groups in total. The fourth-order valence-corrected chi connectivity index (χ4v) is 2.82. The Hall–Kier alpha value is -0.120. The van der Waals surface area contributed by atoms with Crippen LogP contribution in [0.3, 0.4) is 0 Å². The van der Waals surface area contributed by atoms with Gasteiger partial charge in [0.1, 0.15) is 0 Å². The Labute approximate surface area is 73.5 Å². The van der Waals surface area contributed by atoms with Crippen LogP contribution in [0.1, 0.15) is 26.2 Å². The average Bonchev–Trinajstić information content (AvgIpc) is 1.99. The molecule has 3 heteroatoms. The summed E-state index contributed by atoms with van der Waals surface area (Å²) in [7, 11) is 0. The van der Waals surface area contributed by atoms with Gasteiger partial charge in [-0.25, -0.2) is 10.4 Å². The summed E-state index contributed by atoms with van der Waals surface area (Å²) in [5, 5.41) is 5.98. The van der Waals surface area contributed by atoms with E-state index in [9.17, 15) is 0 Å². The van der Waals surface area contributed by atoms with Crippen molar-refractivity contribution in [3.63, 3.8) is 0 Å². The summed E-state index contributed by atoms with van der Waals surface area (Å²) in [5.41, 5.74) is 3.42. The van der Waals surface area contributed by atoms with Crippen LogP contribution in [0.4, 0.5) is 0 Å². The Balaban J connectivity index is 1.70. The molecule has 3 aliphatic rings. The topological polar surface area (TPSA) is 27.3 Å². The summed E-state index contributed by atoms with van der Waals surface area (Å²) in [6.45, 7) is 3.64. The smallest absolute Gasteiger partial charge is 0.0896 e. The molecule has 4 atom stereocenters. The monoisotopic (exact) mass is 167 g/mol. The molecule has 0 amide bonds. The van der Waals surface area contributed by atoms with Crippen LogP contribution >= 0.6 is 0 Å². The van der Waals surface area contributed by atoms with Crippen molar-refractivity contribution >= 4 is 0 Å². The molecule has 0 aromatic rings. The second-order valence-corrected chi connectivity index (χ2v) is 4.55. The van der Waals surface area contributed by atoms with Crippen molar-refractivity contribution in [1.29, 1.82) is 0 Å². The lowest BCUT2D eigenvalue weighted by Gasteiger charge is -2.62. The van der Waals surface area contributed by atoms with Gasteiger partial charge in [-0.3, -0.25) is 5.32 Å². The molecule has 3 saturated heterocycles. The second-order valence-electron chi connectivity index (χ2n) is 4.55. The van der Waals surface area contributed by atoms with Crippen LogP contribution in [-0.2, 0) is 0 Å². The minimum Gasteiger partial charge on any atom is -0.295 e. The van der Waals surface area contributed by atoms with Crippen molar-refractivity contribution < 1.29 is 0 Å². The maximum absolute atomic E-state index is 3.56. The minimum absolute atomic E-state index is 0.625. The van der Waals surface area contributed by atoms with Gasteiger partial charge in [-0.15, -0.1) is 0 Å². The van der Waals surface area contributed by atoms with Gasteiger partial charge in [0, 0.05) is 12.6 Å². The third-order valence-electron chi connectivity index (χ3n) is 3.56. The van der Waals surface area contributed by atoms with Gasteiger partial charge in [-0.2, -0.15) is 0 Å². The van der Waals surface area contributed by atoms with Crippen molar-refractivity contribution in [2.75, 3.05) is 6.54 Å². The molecule has 3 nitrogen and oxygen atoms in total. The van der Waals surface area contributed by atoms with Gasteiger partial charge in [0.2, 0.25) is 0 Å². The van der Waals surface area contributed by atoms with Crippen LogP contribution in [0.15, 0.2) is 0 Å². The number of rotatable bonds is 0. The fraction of sp³-hybridized carbons (Fsp3) is 1.00. The van der Waals surface area contributed by atoms with Gasteiger partial charge in [-0.05, 0) is 25.2 Å². The number of hydrazine groups is 1. The average molecular weight is 167 g/mol. The maximum atomic E-state index is 3.56. The molecule has 12 heavy (non-hydrogen) atoms. The normalized spacial score (nSPS) is 52.8. The zero-order valence-corrected chi connectivity index (χ0v) is 7.59. The Kier molecular flexibility index (Phi) is 1.48. The fourth-order valence-electron chi connectivity index (χ4n) is 2.82. The van der Waals surface area contributed by atoms with Crippen LogP contribution in [0, 0.1) is 5.92 Å². The molecule has 3 rings (SSSR count). The Morgan fingerprint density at radius 2 is 2.33 bits per heavy atom. The number of hydrogen-bond acceptors (Lipinski definition) is 3. The van der Waals surface area contributed by atoms with Crippen LogP contribution in [0.5, 0.6) is 0 Å². The lowest BCUT2D eigenvalue weighted by atomic mass is 9.81. The molecule has 0 bridgehead atoms. The summed E-state index contributed by atoms with van der Waals surface area (Å²) in [6, 6.07) is 1.61. The van der Waals surface area contributed by atoms with Crippen LogP contribution < -0.4 is 10.7 Å². The zero-order chi connectivity index (χ0) is 8.13. The summed E-state index contributed by atoms with van der Waals surface area (Å²) >= 11 is 0. The van der Waals surface area contributed by atoms with E-state index < -0.39 is 0 Å². The predicted molar refractivity (Wildman–Crippen MR) is 47.4 cm³/mol. The minimum atomic E-state index is 0.625. The van der Waals surface area contributed by atoms with Gasteiger partial charge < -0.3 is 0 Å². The molecule has 0 aromatic carbocycles. The van der Waals surface area contributed by atoms with Crippen molar-refractivity contribution in [3.8, 4) is 0 Å². The highest BCUT2D eigenvalue weighted by molar-refractivity contribution is 5.08. The number of nitrogens with zero attached hydrogens (tertiary/aromatic N) is 1. The molecule has 4 unspecified atom stereocenters. The van der Waals surface area contributed by atoms with Gasteiger partial charge in [0.25, 0.3) is 0 Å². The summed E-state index contributed by atoms with van der Waals surface area (Å²) in [5.74, 6) is 0.922. The van der Waals surface area contributed by atoms with Crippen LogP contribution in [-0.4, -0.2) is 29.8 Å². The summed E-state index contributed by atoms with van der Waals surface area (Å²) in [6.07, 6.45) is 4.76. The van der Waals surface area contributed by atoms with E-state index in [2.05, 4.69) is 22.7 Å². The first-order valence-corrected chi connectivity index (χ1v) is 5.13. The Bertz CT molecular complexity index is 194. The van der Waals surface area contributed by atoms with Crippen LogP contribution in [0.2, 0.25) is 0 Å². The first-order valence-electron chi connectivity index (χ1n) is 5.13. The molecular weight excluding hydrogens is 150 g/mol. The van der Waals surface area contributed by atoms with Gasteiger partial charge in [0.15, 0.2) is 0 Å². The van der Waals surface area contributed by atoms with E-state index in [1.54, 1.807) is 0 Å². The maximum Gasteiger partial charge on any atom is 0.0896 e. The Morgan fingerprint density at radius 3 is 3.17 bits per heavy atom. The zero-order valence-electron chi connectivity index (χ0n) is 7.59. The number of hydrogen-bond donors (Lipinski definition) is 2. The summed E-state index contributed by atoms with van der Waals surface area (Å²) in [4.78, 5) is 0. The molecule has 0 aliphatic carbocycles. The van der Waals surface area contributed by atoms with Crippen molar-refractivity contribution in [3.05, 3.63) is 0 Å². The highest BCUT2D eigenvalue weighted by Gasteiger charge is 2.52. The van der Waals surface area contributed by atoms with Crippen molar-refractivity contribution in [2.45, 2.75) is 44.4 Å². The molecule has 0 spiro atoms. The highest BCUT2D eigenvalue weighted by Crippen LogP contribution is 2.32. The number of nitrogens with one attached hydrogen (secondary N) is 2. The van der Waals surface area contributed by atoms with E-state index in [4.69, 9.17) is 0 Å². The first-order chi connectivity index (χ1) is 5.84. The lowest BCUT2D eigenvalue weighted by Crippen LogP contribution is -2.89. The SMILES string of the molecule is CC1CCCN2NC3NC(C1)C32. The third kappa shape index (κ3) is 0.873. The van der Waals surface area contributed by atoms with E-state index in [1.807, 2.05) is 0 Å². The lowest BCUT2D eigenvalue weighted by molar-refractivity contribution is -0.143. The standard InChI is InChI=1S/C9H17N3/c1-6-3-2-4-12-8-7(5-6)10-9(8)11-12/h6-11H,2-5H2,1H3. The molecule has 3 heterocycles. The predicted octanol–water partition coefficient (Wildman–Crippen LogP) is 0.293. The molecule has 0 aromatic heterocycles. The van der Waals surface area contributed by atoms with E-state index in [0.717, 1.165) is 18.0 Å². The largest absolute Gasteiger partial charge is 0.295 e.